The van der Waals surface area contributed by atoms with E-state index in [1.54, 1.807) is 0 Å². The Kier molecular flexibility index (Phi) is 4.85. The predicted molar refractivity (Wildman–Crippen MR) is 94.4 cm³/mol. The van der Waals surface area contributed by atoms with E-state index in [0.717, 1.165) is 9.55 Å². The van der Waals surface area contributed by atoms with Gasteiger partial charge < -0.3 is 0 Å². The lowest BCUT2D eigenvalue weighted by Gasteiger charge is -2.11. The number of halogens is 1. The first kappa shape index (κ1) is 15.1. The Morgan fingerprint density at radius 2 is 1.55 bits per heavy atom. The molecule has 0 amide bonds. The molecule has 1 aliphatic rings. The van der Waals surface area contributed by atoms with Crippen molar-refractivity contribution in [1.29, 1.82) is 0 Å². The molecule has 0 radical (unpaired) electrons. The van der Waals surface area contributed by atoms with E-state index in [9.17, 15) is 0 Å². The van der Waals surface area contributed by atoms with Crippen molar-refractivity contribution in [1.82, 2.24) is 0 Å². The van der Waals surface area contributed by atoms with E-state index >= 15 is 0 Å². The molecule has 20 heavy (non-hydrogen) atoms. The molecule has 0 nitrogen and oxygen atoms in total. The van der Waals surface area contributed by atoms with Gasteiger partial charge >= 0.3 is 0 Å². The molecule has 0 heterocycles. The molecule has 1 unspecified atom stereocenters. The van der Waals surface area contributed by atoms with Gasteiger partial charge in [-0.1, -0.05) is 61.0 Å². The van der Waals surface area contributed by atoms with Crippen LogP contribution < -0.4 is 0 Å². The van der Waals surface area contributed by atoms with Crippen molar-refractivity contribution >= 4 is 26.2 Å². The largest absolute Gasteiger partial charge is 0.181 e. The third-order valence-electron chi connectivity index (χ3n) is 4.26. The second kappa shape index (κ2) is 6.42. The second-order valence-electron chi connectivity index (χ2n) is 5.17. The Morgan fingerprint density at radius 3 is 2.20 bits per heavy atom. The third kappa shape index (κ3) is 2.48. The van der Waals surface area contributed by atoms with E-state index in [1.807, 2.05) is 0 Å². The van der Waals surface area contributed by atoms with Crippen LogP contribution in [0.25, 0.3) is 16.7 Å². The number of fused-ring (bicyclic) bond motifs is 1. The zero-order chi connectivity index (χ0) is 14.7. The molecule has 0 bridgehead atoms. The van der Waals surface area contributed by atoms with Gasteiger partial charge in [0.05, 0.1) is 0 Å². The summed E-state index contributed by atoms with van der Waals surface area (Å²) in [4.78, 5) is 0. The normalized spacial score (nSPS) is 16.7. The third-order valence-corrected chi connectivity index (χ3v) is 4.26. The molecule has 2 heteroatoms. The van der Waals surface area contributed by atoms with Crippen molar-refractivity contribution in [3.05, 3.63) is 65.2 Å². The second-order valence-corrected chi connectivity index (χ2v) is 5.17. The van der Waals surface area contributed by atoms with Crippen molar-refractivity contribution < 1.29 is 0 Å². The smallest absolute Gasteiger partial charge is 0.109 e. The van der Waals surface area contributed by atoms with Crippen LogP contribution in [0.5, 0.6) is 0 Å². The molecular weight excluding hydrogens is 280 g/mol. The maximum atomic E-state index is 4.78. The van der Waals surface area contributed by atoms with E-state index in [-0.39, 0.29) is 0 Å². The van der Waals surface area contributed by atoms with E-state index in [2.05, 4.69) is 69.3 Å². The van der Waals surface area contributed by atoms with Gasteiger partial charge in [0.15, 0.2) is 0 Å². The molecule has 2 aromatic carbocycles. The summed E-state index contributed by atoms with van der Waals surface area (Å²) >= 11 is 4.78. The van der Waals surface area contributed by atoms with E-state index in [1.165, 1.54) is 33.4 Å². The minimum absolute atomic E-state index is 0.559. The van der Waals surface area contributed by atoms with Crippen molar-refractivity contribution in [3.63, 3.8) is 0 Å². The molecule has 0 N–H and O–H groups in total. The molecule has 0 saturated heterocycles. The van der Waals surface area contributed by atoms with Gasteiger partial charge in [-0.2, -0.15) is 11.1 Å². The first-order valence-electron chi connectivity index (χ1n) is 6.94. The first-order valence-corrected chi connectivity index (χ1v) is 9.96. The average Bonchev–Trinajstić information content (AvgIpc) is 2.75. The van der Waals surface area contributed by atoms with Crippen LogP contribution in [-0.4, -0.2) is 9.55 Å². The lowest BCUT2D eigenvalue weighted by molar-refractivity contribution is 0.920. The summed E-state index contributed by atoms with van der Waals surface area (Å²) in [7, 11) is 0.778. The highest BCUT2D eigenvalue weighted by molar-refractivity contribution is 6.80. The fraction of sp³-hybridized carbons (Fsp3) is 0.222. The molecule has 0 aromatic heterocycles. The Labute approximate surface area is 129 Å². The van der Waals surface area contributed by atoms with Gasteiger partial charge in [-0.25, -0.2) is 0 Å². The van der Waals surface area contributed by atoms with Gasteiger partial charge in [0.25, 0.3) is 0 Å². The Morgan fingerprint density at radius 1 is 0.900 bits per heavy atom. The summed E-state index contributed by atoms with van der Waals surface area (Å²) in [6, 6.07) is 17.4. The van der Waals surface area contributed by atoms with E-state index in [0.29, 0.717) is 5.92 Å². The van der Waals surface area contributed by atoms with Gasteiger partial charge in [0, 0.05) is 5.92 Å². The Balaban J connectivity index is 0.000000704. The van der Waals surface area contributed by atoms with Crippen molar-refractivity contribution in [2.24, 2.45) is 0 Å². The molecule has 0 aliphatic heterocycles. The number of rotatable bonds is 1. The SMILES string of the molecule is CC1=C(C)C(C)c2cccc(-c3ccccc3)c21.[SiH3]Cl. The zero-order valence-corrected chi connectivity index (χ0v) is 15.3. The monoisotopic (exact) mass is 300 g/mol. The van der Waals surface area contributed by atoms with Crippen LogP contribution in [0, 0.1) is 0 Å². The maximum Gasteiger partial charge on any atom is 0.109 e. The zero-order valence-electron chi connectivity index (χ0n) is 12.6. The lowest BCUT2D eigenvalue weighted by Crippen LogP contribution is -1.92. The fourth-order valence-corrected chi connectivity index (χ4v) is 2.96. The highest BCUT2D eigenvalue weighted by Crippen LogP contribution is 2.45. The van der Waals surface area contributed by atoms with Crippen LogP contribution in [0.4, 0.5) is 0 Å². The quantitative estimate of drug-likeness (QED) is 0.526. The van der Waals surface area contributed by atoms with Gasteiger partial charge in [-0.15, -0.1) is 0 Å². The highest BCUT2D eigenvalue weighted by Gasteiger charge is 2.25. The van der Waals surface area contributed by atoms with Gasteiger partial charge in [-0.05, 0) is 41.7 Å². The van der Waals surface area contributed by atoms with Crippen molar-refractivity contribution in [2.45, 2.75) is 26.7 Å². The molecule has 1 atom stereocenters. The molecule has 0 saturated carbocycles. The Hall–Kier alpha value is -1.31. The van der Waals surface area contributed by atoms with Gasteiger partial charge in [0.2, 0.25) is 0 Å². The van der Waals surface area contributed by atoms with Crippen LogP contribution in [0.15, 0.2) is 54.1 Å². The summed E-state index contributed by atoms with van der Waals surface area (Å²) in [5.41, 5.74) is 8.58. The van der Waals surface area contributed by atoms with Crippen LogP contribution in [-0.2, 0) is 0 Å². The average molecular weight is 301 g/mol. The molecule has 104 valence electrons. The van der Waals surface area contributed by atoms with Crippen LogP contribution in [0.1, 0.15) is 37.8 Å². The van der Waals surface area contributed by atoms with E-state index in [4.69, 9.17) is 11.1 Å². The topological polar surface area (TPSA) is 0 Å². The molecule has 0 fully saturated rings. The lowest BCUT2D eigenvalue weighted by atomic mass is 9.92. The summed E-state index contributed by atoms with van der Waals surface area (Å²) in [5.74, 6) is 0.559. The van der Waals surface area contributed by atoms with E-state index < -0.39 is 0 Å². The summed E-state index contributed by atoms with van der Waals surface area (Å²) < 4.78 is 0. The minimum Gasteiger partial charge on any atom is -0.181 e. The van der Waals surface area contributed by atoms with Gasteiger partial charge in [-0.3, -0.25) is 0 Å². The molecule has 1 aliphatic carbocycles. The van der Waals surface area contributed by atoms with Crippen LogP contribution in [0.2, 0.25) is 0 Å². The first-order chi connectivity index (χ1) is 9.70. The number of hydrogen-bond donors (Lipinski definition) is 0. The standard InChI is InChI=1S/C18H18.ClH3Si/c1-12-13(2)16-10-7-11-17(18(16)14(12)3)15-8-5-4-6-9-15;1-2/h4-11,13H,1-3H3;2H3. The minimum atomic E-state index is 0.559. The highest BCUT2D eigenvalue weighted by atomic mass is 35.6. The van der Waals surface area contributed by atoms with Crippen molar-refractivity contribution in [2.75, 3.05) is 0 Å². The molecular formula is C18H21ClSi. The number of hydrogen-bond acceptors (Lipinski definition) is 0. The van der Waals surface area contributed by atoms with Crippen LogP contribution in [0.3, 0.4) is 0 Å². The van der Waals surface area contributed by atoms with Crippen LogP contribution >= 0.6 is 11.1 Å². The molecule has 3 rings (SSSR count). The number of benzene rings is 2. The summed E-state index contributed by atoms with van der Waals surface area (Å²) in [6.45, 7) is 6.82. The summed E-state index contributed by atoms with van der Waals surface area (Å²) in [6.07, 6.45) is 0. The maximum absolute atomic E-state index is 4.78. The molecule has 0 spiro atoms. The number of allylic oxidation sites excluding steroid dienone is 2. The fourth-order valence-electron chi connectivity index (χ4n) is 2.96. The molecule has 2 aromatic rings. The summed E-state index contributed by atoms with van der Waals surface area (Å²) in [5, 5.41) is 0. The Bertz CT molecular complexity index is 629. The van der Waals surface area contributed by atoms with Crippen molar-refractivity contribution in [3.8, 4) is 11.1 Å². The van der Waals surface area contributed by atoms with Gasteiger partial charge in [0.1, 0.15) is 9.55 Å². The predicted octanol–water partition coefficient (Wildman–Crippen LogP) is 4.77.